The van der Waals surface area contributed by atoms with Crippen LogP contribution in [0.1, 0.15) is 29.2 Å². The van der Waals surface area contributed by atoms with Crippen LogP contribution in [0.3, 0.4) is 0 Å². The van der Waals surface area contributed by atoms with Crippen LogP contribution in [0.4, 0.5) is 5.82 Å². The molecule has 0 aliphatic carbocycles. The van der Waals surface area contributed by atoms with E-state index in [1.807, 2.05) is 19.1 Å². The lowest BCUT2D eigenvalue weighted by molar-refractivity contribution is 0.112. The number of fused-ring (bicyclic) bond motifs is 1. The minimum absolute atomic E-state index is 0.531. The third-order valence-corrected chi connectivity index (χ3v) is 3.38. The van der Waals surface area contributed by atoms with Crippen LogP contribution < -0.4 is 4.90 Å². The van der Waals surface area contributed by atoms with E-state index in [0.29, 0.717) is 5.69 Å². The van der Waals surface area contributed by atoms with Crippen LogP contribution in [0.2, 0.25) is 0 Å². The number of carbonyl (C=O) groups excluding carboxylic acids is 1. The molecule has 4 nitrogen and oxygen atoms in total. The van der Waals surface area contributed by atoms with Gasteiger partial charge in [0.25, 0.3) is 0 Å². The molecule has 1 aliphatic rings. The highest BCUT2D eigenvalue weighted by Crippen LogP contribution is 2.24. The second-order valence-corrected chi connectivity index (χ2v) is 4.46. The van der Waals surface area contributed by atoms with Crippen molar-refractivity contribution in [1.29, 1.82) is 0 Å². The van der Waals surface area contributed by atoms with Crippen LogP contribution in [0.25, 0.3) is 5.52 Å². The third-order valence-electron chi connectivity index (χ3n) is 3.38. The number of hydrogen-bond donors (Lipinski definition) is 0. The van der Waals surface area contributed by atoms with Crippen LogP contribution in [0.5, 0.6) is 0 Å². The normalized spacial score (nSPS) is 15.7. The summed E-state index contributed by atoms with van der Waals surface area (Å²) >= 11 is 0. The Morgan fingerprint density at radius 3 is 2.76 bits per heavy atom. The number of pyridine rings is 1. The molecule has 0 unspecified atom stereocenters. The van der Waals surface area contributed by atoms with Gasteiger partial charge in [-0.2, -0.15) is 0 Å². The summed E-state index contributed by atoms with van der Waals surface area (Å²) in [7, 11) is 0. The van der Waals surface area contributed by atoms with E-state index < -0.39 is 0 Å². The molecule has 0 N–H and O–H groups in total. The lowest BCUT2D eigenvalue weighted by Gasteiger charge is -2.19. The SMILES string of the molecule is Cc1nc(C=O)c2cccc(N3CCCC3)n12. The number of imidazole rings is 1. The number of anilines is 1. The molecule has 17 heavy (non-hydrogen) atoms. The molecule has 3 rings (SSSR count). The van der Waals surface area contributed by atoms with Gasteiger partial charge in [0, 0.05) is 13.1 Å². The van der Waals surface area contributed by atoms with Crippen molar-refractivity contribution in [1.82, 2.24) is 9.38 Å². The summed E-state index contributed by atoms with van der Waals surface area (Å²) in [5.41, 5.74) is 1.44. The third kappa shape index (κ3) is 1.52. The summed E-state index contributed by atoms with van der Waals surface area (Å²) in [4.78, 5) is 17.6. The van der Waals surface area contributed by atoms with Crippen LogP contribution in [0.15, 0.2) is 18.2 Å². The van der Waals surface area contributed by atoms with Gasteiger partial charge in [0.05, 0.1) is 5.52 Å². The fourth-order valence-corrected chi connectivity index (χ4v) is 2.60. The van der Waals surface area contributed by atoms with Gasteiger partial charge in [0.2, 0.25) is 0 Å². The Bertz CT molecular complexity index is 567. The molecule has 88 valence electrons. The molecule has 0 bridgehead atoms. The number of rotatable bonds is 2. The van der Waals surface area contributed by atoms with E-state index in [0.717, 1.165) is 36.5 Å². The molecule has 1 saturated heterocycles. The summed E-state index contributed by atoms with van der Waals surface area (Å²) in [6.45, 7) is 4.12. The van der Waals surface area contributed by atoms with Crippen molar-refractivity contribution in [2.75, 3.05) is 18.0 Å². The van der Waals surface area contributed by atoms with Crippen LogP contribution in [-0.2, 0) is 0 Å². The van der Waals surface area contributed by atoms with Gasteiger partial charge in [-0.15, -0.1) is 0 Å². The Morgan fingerprint density at radius 2 is 2.06 bits per heavy atom. The van der Waals surface area contributed by atoms with Crippen molar-refractivity contribution in [2.45, 2.75) is 19.8 Å². The van der Waals surface area contributed by atoms with Crippen molar-refractivity contribution in [3.8, 4) is 0 Å². The minimum atomic E-state index is 0.531. The van der Waals surface area contributed by atoms with Gasteiger partial charge in [-0.1, -0.05) is 6.07 Å². The Kier molecular flexibility index (Phi) is 2.35. The summed E-state index contributed by atoms with van der Waals surface area (Å²) < 4.78 is 2.08. The van der Waals surface area contributed by atoms with E-state index in [-0.39, 0.29) is 0 Å². The molecule has 2 aromatic heterocycles. The zero-order valence-corrected chi connectivity index (χ0v) is 9.89. The quantitative estimate of drug-likeness (QED) is 0.740. The van der Waals surface area contributed by atoms with E-state index in [9.17, 15) is 4.79 Å². The maximum atomic E-state index is 11.0. The highest BCUT2D eigenvalue weighted by atomic mass is 16.1. The maximum absolute atomic E-state index is 11.0. The number of aromatic nitrogens is 2. The van der Waals surface area contributed by atoms with Crippen molar-refractivity contribution in [2.24, 2.45) is 0 Å². The first kappa shape index (κ1) is 10.3. The fourth-order valence-electron chi connectivity index (χ4n) is 2.60. The van der Waals surface area contributed by atoms with Crippen molar-refractivity contribution < 1.29 is 4.79 Å². The average Bonchev–Trinajstić information content (AvgIpc) is 2.97. The van der Waals surface area contributed by atoms with Crippen molar-refractivity contribution in [3.63, 3.8) is 0 Å². The Labute approximate surface area is 99.9 Å². The van der Waals surface area contributed by atoms with Gasteiger partial charge in [0.1, 0.15) is 17.3 Å². The number of aldehydes is 1. The van der Waals surface area contributed by atoms with Gasteiger partial charge < -0.3 is 4.90 Å². The molecule has 0 saturated carbocycles. The highest BCUT2D eigenvalue weighted by Gasteiger charge is 2.17. The molecule has 1 aliphatic heterocycles. The van der Waals surface area contributed by atoms with Gasteiger partial charge in [-0.25, -0.2) is 4.98 Å². The summed E-state index contributed by atoms with van der Waals surface area (Å²) in [6.07, 6.45) is 3.31. The highest BCUT2D eigenvalue weighted by molar-refractivity contribution is 5.84. The first-order valence-corrected chi connectivity index (χ1v) is 5.99. The van der Waals surface area contributed by atoms with E-state index in [1.165, 1.54) is 12.8 Å². The lowest BCUT2D eigenvalue weighted by Crippen LogP contribution is -2.20. The molecule has 2 aromatic rings. The second-order valence-electron chi connectivity index (χ2n) is 4.46. The summed E-state index contributed by atoms with van der Waals surface area (Å²) in [5, 5.41) is 0. The van der Waals surface area contributed by atoms with Gasteiger partial charge in [-0.3, -0.25) is 9.20 Å². The Morgan fingerprint density at radius 1 is 1.29 bits per heavy atom. The molecule has 4 heteroatoms. The molecule has 0 amide bonds. The van der Waals surface area contributed by atoms with E-state index in [1.54, 1.807) is 0 Å². The Balaban J connectivity index is 2.24. The molecule has 0 spiro atoms. The zero-order chi connectivity index (χ0) is 11.8. The molecule has 0 aromatic carbocycles. The van der Waals surface area contributed by atoms with Crippen LogP contribution in [0, 0.1) is 6.92 Å². The first-order chi connectivity index (χ1) is 8.31. The largest absolute Gasteiger partial charge is 0.358 e. The zero-order valence-electron chi connectivity index (χ0n) is 9.89. The summed E-state index contributed by atoms with van der Waals surface area (Å²) in [6, 6.07) is 6.04. The van der Waals surface area contributed by atoms with E-state index >= 15 is 0 Å². The summed E-state index contributed by atoms with van der Waals surface area (Å²) in [5.74, 6) is 2.03. The molecule has 0 atom stereocenters. The fraction of sp³-hybridized carbons (Fsp3) is 0.385. The van der Waals surface area contributed by atoms with E-state index in [2.05, 4.69) is 20.4 Å². The number of carbonyl (C=O) groups is 1. The van der Waals surface area contributed by atoms with Gasteiger partial charge in [0.15, 0.2) is 6.29 Å². The number of aryl methyl sites for hydroxylation is 1. The molecule has 0 radical (unpaired) electrons. The van der Waals surface area contributed by atoms with Gasteiger partial charge >= 0.3 is 0 Å². The molecule has 3 heterocycles. The average molecular weight is 229 g/mol. The van der Waals surface area contributed by atoms with Gasteiger partial charge in [-0.05, 0) is 31.9 Å². The lowest BCUT2D eigenvalue weighted by atomic mass is 10.3. The van der Waals surface area contributed by atoms with Crippen LogP contribution in [-0.4, -0.2) is 28.8 Å². The molecule has 1 fully saturated rings. The predicted octanol–water partition coefficient (Wildman–Crippen LogP) is 2.06. The smallest absolute Gasteiger partial charge is 0.170 e. The Hall–Kier alpha value is -1.84. The monoisotopic (exact) mass is 229 g/mol. The van der Waals surface area contributed by atoms with E-state index in [4.69, 9.17) is 0 Å². The molecular formula is C13H15N3O. The maximum Gasteiger partial charge on any atom is 0.170 e. The number of hydrogen-bond acceptors (Lipinski definition) is 3. The second kappa shape index (κ2) is 3.87. The van der Waals surface area contributed by atoms with Crippen molar-refractivity contribution in [3.05, 3.63) is 29.7 Å². The molecular weight excluding hydrogens is 214 g/mol. The number of nitrogens with zero attached hydrogens (tertiary/aromatic N) is 3. The standard InChI is InChI=1S/C13H15N3O/c1-10-14-11(9-17)12-5-4-6-13(16(10)12)15-7-2-3-8-15/h4-6,9H,2-3,7-8H2,1H3. The predicted molar refractivity (Wildman–Crippen MR) is 66.8 cm³/mol. The first-order valence-electron chi connectivity index (χ1n) is 5.99. The topological polar surface area (TPSA) is 37.6 Å². The van der Waals surface area contributed by atoms with Crippen LogP contribution >= 0.6 is 0 Å². The van der Waals surface area contributed by atoms with Crippen molar-refractivity contribution >= 4 is 17.6 Å². The minimum Gasteiger partial charge on any atom is -0.358 e.